The van der Waals surface area contributed by atoms with Crippen LogP contribution >= 0.6 is 11.6 Å². The molecule has 3 heterocycles. The van der Waals surface area contributed by atoms with Crippen LogP contribution in [0.4, 0.5) is 5.82 Å². The van der Waals surface area contributed by atoms with E-state index in [1.807, 2.05) is 31.3 Å². The van der Waals surface area contributed by atoms with Crippen molar-refractivity contribution in [2.75, 3.05) is 11.9 Å². The molecule has 1 amide bonds. The van der Waals surface area contributed by atoms with E-state index in [0.29, 0.717) is 29.9 Å². The number of hydrogen-bond donors (Lipinski definition) is 4. The van der Waals surface area contributed by atoms with E-state index in [2.05, 4.69) is 41.6 Å². The summed E-state index contributed by atoms with van der Waals surface area (Å²) in [6, 6.07) is 8.18. The molecular formula is C19H20ClN7O. The van der Waals surface area contributed by atoms with Crippen molar-refractivity contribution in [1.29, 1.82) is 0 Å². The quantitative estimate of drug-likeness (QED) is 0.358. The van der Waals surface area contributed by atoms with Gasteiger partial charge in [-0.3, -0.25) is 4.79 Å². The SMILES string of the molecule is C[C@H](Cc1c[nH]c2ccccc12)NC(=O)CCNc1nc(Cl)nc2nc[nH]c12. The van der Waals surface area contributed by atoms with Crippen molar-refractivity contribution in [3.63, 3.8) is 0 Å². The van der Waals surface area contributed by atoms with E-state index in [4.69, 9.17) is 11.6 Å². The first-order chi connectivity index (χ1) is 13.6. The molecule has 0 bridgehead atoms. The number of amides is 1. The molecule has 8 nitrogen and oxygen atoms in total. The fraction of sp³-hybridized carbons (Fsp3) is 0.263. The second-order valence-corrected chi connectivity index (χ2v) is 6.99. The number of nitrogens with one attached hydrogen (secondary N) is 4. The molecule has 0 saturated heterocycles. The number of carbonyl (C=O) groups excluding carboxylic acids is 1. The van der Waals surface area contributed by atoms with Crippen LogP contribution in [-0.2, 0) is 11.2 Å². The highest BCUT2D eigenvalue weighted by Gasteiger charge is 2.12. The highest BCUT2D eigenvalue weighted by molar-refractivity contribution is 6.28. The number of aromatic amines is 2. The van der Waals surface area contributed by atoms with E-state index in [-0.39, 0.29) is 17.2 Å². The Balaban J connectivity index is 1.30. The van der Waals surface area contributed by atoms with Crippen LogP contribution in [0.2, 0.25) is 5.28 Å². The molecule has 1 aromatic carbocycles. The number of benzene rings is 1. The van der Waals surface area contributed by atoms with Crippen molar-refractivity contribution in [3.8, 4) is 0 Å². The topological polar surface area (TPSA) is 111 Å². The van der Waals surface area contributed by atoms with Crippen LogP contribution < -0.4 is 10.6 Å². The van der Waals surface area contributed by atoms with E-state index >= 15 is 0 Å². The maximum Gasteiger partial charge on any atom is 0.226 e. The van der Waals surface area contributed by atoms with Gasteiger partial charge in [-0.15, -0.1) is 0 Å². The van der Waals surface area contributed by atoms with Gasteiger partial charge in [0.15, 0.2) is 11.5 Å². The summed E-state index contributed by atoms with van der Waals surface area (Å²) in [5.74, 6) is 0.507. The van der Waals surface area contributed by atoms with Crippen molar-refractivity contribution in [2.45, 2.75) is 25.8 Å². The van der Waals surface area contributed by atoms with Crippen molar-refractivity contribution >= 4 is 45.4 Å². The summed E-state index contributed by atoms with van der Waals surface area (Å²) >= 11 is 5.90. The van der Waals surface area contributed by atoms with Gasteiger partial charge >= 0.3 is 0 Å². The first-order valence-electron chi connectivity index (χ1n) is 9.05. The average Bonchev–Trinajstić information content (AvgIpc) is 3.29. The number of fused-ring (bicyclic) bond motifs is 2. The number of imidazole rings is 1. The predicted octanol–water partition coefficient (Wildman–Crippen LogP) is 3.04. The molecule has 144 valence electrons. The van der Waals surface area contributed by atoms with Gasteiger partial charge in [-0.2, -0.15) is 9.97 Å². The second-order valence-electron chi connectivity index (χ2n) is 6.65. The molecule has 0 aliphatic heterocycles. The first kappa shape index (κ1) is 18.2. The summed E-state index contributed by atoms with van der Waals surface area (Å²) in [5.41, 5.74) is 3.45. The smallest absolute Gasteiger partial charge is 0.226 e. The zero-order valence-electron chi connectivity index (χ0n) is 15.3. The number of carbonyl (C=O) groups is 1. The molecule has 28 heavy (non-hydrogen) atoms. The molecule has 4 N–H and O–H groups in total. The van der Waals surface area contributed by atoms with Gasteiger partial charge in [0.2, 0.25) is 11.2 Å². The standard InChI is InChI=1S/C19H20ClN7O/c1-11(8-12-9-22-14-5-3-2-4-13(12)14)25-15(28)6-7-21-17-16-18(24-10-23-16)27-19(20)26-17/h2-5,9-11,22H,6-8H2,1H3,(H,25,28)(H2,21,23,24,26,27)/t11-/m1/s1. The maximum absolute atomic E-state index is 12.3. The van der Waals surface area contributed by atoms with E-state index in [1.165, 1.54) is 17.3 Å². The van der Waals surface area contributed by atoms with Gasteiger partial charge in [-0.05, 0) is 36.6 Å². The third-order valence-electron chi connectivity index (χ3n) is 4.51. The Kier molecular flexibility index (Phi) is 5.12. The Bertz CT molecular complexity index is 1120. The number of hydrogen-bond acceptors (Lipinski definition) is 5. The lowest BCUT2D eigenvalue weighted by molar-refractivity contribution is -0.121. The highest BCUT2D eigenvalue weighted by atomic mass is 35.5. The minimum atomic E-state index is -0.0270. The lowest BCUT2D eigenvalue weighted by Gasteiger charge is -2.14. The van der Waals surface area contributed by atoms with Crippen LogP contribution in [0, 0.1) is 0 Å². The minimum Gasteiger partial charge on any atom is -0.368 e. The molecule has 0 fully saturated rings. The summed E-state index contributed by atoms with van der Waals surface area (Å²) in [5, 5.41) is 7.46. The van der Waals surface area contributed by atoms with Crippen LogP contribution in [0.5, 0.6) is 0 Å². The van der Waals surface area contributed by atoms with Crippen LogP contribution in [0.25, 0.3) is 22.1 Å². The lowest BCUT2D eigenvalue weighted by atomic mass is 10.1. The number of aromatic nitrogens is 5. The van der Waals surface area contributed by atoms with Crippen LogP contribution in [0.3, 0.4) is 0 Å². The third-order valence-corrected chi connectivity index (χ3v) is 4.68. The second kappa shape index (κ2) is 7.85. The molecule has 0 radical (unpaired) electrons. The van der Waals surface area contributed by atoms with E-state index in [0.717, 1.165) is 11.9 Å². The van der Waals surface area contributed by atoms with E-state index in [1.54, 1.807) is 0 Å². The Morgan fingerprint density at radius 2 is 2.11 bits per heavy atom. The normalized spacial score (nSPS) is 12.4. The van der Waals surface area contributed by atoms with Crippen molar-refractivity contribution < 1.29 is 4.79 Å². The molecule has 0 spiro atoms. The first-order valence-corrected chi connectivity index (χ1v) is 9.43. The number of anilines is 1. The summed E-state index contributed by atoms with van der Waals surface area (Å²) in [6.45, 7) is 2.43. The Morgan fingerprint density at radius 1 is 1.25 bits per heavy atom. The molecule has 0 saturated carbocycles. The molecule has 9 heteroatoms. The van der Waals surface area contributed by atoms with Crippen LogP contribution in [0.15, 0.2) is 36.8 Å². The van der Waals surface area contributed by atoms with Gasteiger partial charge in [-0.25, -0.2) is 4.98 Å². The van der Waals surface area contributed by atoms with Gasteiger partial charge in [0, 0.05) is 36.1 Å². The van der Waals surface area contributed by atoms with Crippen molar-refractivity contribution in [3.05, 3.63) is 47.6 Å². The predicted molar refractivity (Wildman–Crippen MR) is 109 cm³/mol. The molecule has 4 rings (SSSR count). The summed E-state index contributed by atoms with van der Waals surface area (Å²) in [4.78, 5) is 30.7. The Morgan fingerprint density at radius 3 is 3.00 bits per heavy atom. The molecule has 4 aromatic rings. The number of para-hydroxylation sites is 1. The number of nitrogens with zero attached hydrogens (tertiary/aromatic N) is 3. The lowest BCUT2D eigenvalue weighted by Crippen LogP contribution is -2.35. The molecule has 0 unspecified atom stereocenters. The molecule has 0 aliphatic rings. The fourth-order valence-corrected chi connectivity index (χ4v) is 3.42. The molecule has 3 aromatic heterocycles. The number of H-pyrrole nitrogens is 2. The largest absolute Gasteiger partial charge is 0.368 e. The molecular weight excluding hydrogens is 378 g/mol. The summed E-state index contributed by atoms with van der Waals surface area (Å²) in [6.07, 6.45) is 4.61. The van der Waals surface area contributed by atoms with Crippen molar-refractivity contribution in [2.24, 2.45) is 0 Å². The fourth-order valence-electron chi connectivity index (χ4n) is 3.26. The zero-order chi connectivity index (χ0) is 19.5. The third kappa shape index (κ3) is 3.91. The monoisotopic (exact) mass is 397 g/mol. The zero-order valence-corrected chi connectivity index (χ0v) is 16.0. The van der Waals surface area contributed by atoms with Crippen LogP contribution in [0.1, 0.15) is 18.9 Å². The molecule has 1 atom stereocenters. The Hall–Kier alpha value is -3.13. The van der Waals surface area contributed by atoms with Gasteiger partial charge in [0.1, 0.15) is 5.52 Å². The highest BCUT2D eigenvalue weighted by Crippen LogP contribution is 2.20. The van der Waals surface area contributed by atoms with E-state index < -0.39 is 0 Å². The number of halogens is 1. The summed E-state index contributed by atoms with van der Waals surface area (Å²) in [7, 11) is 0. The van der Waals surface area contributed by atoms with Gasteiger partial charge < -0.3 is 20.6 Å². The van der Waals surface area contributed by atoms with Crippen molar-refractivity contribution in [1.82, 2.24) is 30.2 Å². The maximum atomic E-state index is 12.3. The Labute approximate surface area is 166 Å². The van der Waals surface area contributed by atoms with E-state index in [9.17, 15) is 4.79 Å². The summed E-state index contributed by atoms with van der Waals surface area (Å²) < 4.78 is 0. The van der Waals surface area contributed by atoms with Gasteiger partial charge in [-0.1, -0.05) is 18.2 Å². The minimum absolute atomic E-state index is 0.0270. The van der Waals surface area contributed by atoms with Gasteiger partial charge in [0.25, 0.3) is 0 Å². The van der Waals surface area contributed by atoms with Crippen LogP contribution in [-0.4, -0.2) is 43.4 Å². The molecule has 0 aliphatic carbocycles. The average molecular weight is 398 g/mol. The van der Waals surface area contributed by atoms with Gasteiger partial charge in [0.05, 0.1) is 6.33 Å². The number of rotatable bonds is 7.